The van der Waals surface area contributed by atoms with Crippen LogP contribution in [0.25, 0.3) is 0 Å². The zero-order valence-corrected chi connectivity index (χ0v) is 10.1. The predicted octanol–water partition coefficient (Wildman–Crippen LogP) is 2.58. The maximum absolute atomic E-state index is 5.79. The minimum absolute atomic E-state index is 0.408. The van der Waals surface area contributed by atoms with Gasteiger partial charge < -0.3 is 10.1 Å². The van der Waals surface area contributed by atoms with E-state index >= 15 is 0 Å². The van der Waals surface area contributed by atoms with Crippen molar-refractivity contribution in [2.45, 2.75) is 59.1 Å². The molecule has 1 N–H and O–H groups in total. The summed E-state index contributed by atoms with van der Waals surface area (Å²) in [6.45, 7) is 11.0. The molecular weight excluding hydrogens is 174 g/mol. The van der Waals surface area contributed by atoms with Crippen LogP contribution in [0.5, 0.6) is 0 Å². The fraction of sp³-hybridized carbons (Fsp3) is 1.00. The summed E-state index contributed by atoms with van der Waals surface area (Å²) in [7, 11) is 0. The highest BCUT2D eigenvalue weighted by molar-refractivity contribution is 4.85. The standard InChI is InChI=1S/C12H25NO/c1-5-13-10-8-11(9-10)14-7-6-12(2,3)4/h10-11,13H,5-9H2,1-4H3. The Hall–Kier alpha value is -0.0800. The van der Waals surface area contributed by atoms with Crippen molar-refractivity contribution in [3.05, 3.63) is 0 Å². The number of hydrogen-bond donors (Lipinski definition) is 1. The van der Waals surface area contributed by atoms with Crippen LogP contribution in [0, 0.1) is 5.41 Å². The van der Waals surface area contributed by atoms with Crippen LogP contribution in [-0.2, 0) is 4.74 Å². The van der Waals surface area contributed by atoms with Crippen molar-refractivity contribution in [2.75, 3.05) is 13.2 Å². The molecule has 0 spiro atoms. The van der Waals surface area contributed by atoms with Gasteiger partial charge in [0.15, 0.2) is 0 Å². The van der Waals surface area contributed by atoms with Gasteiger partial charge in [-0.15, -0.1) is 0 Å². The second kappa shape index (κ2) is 5.13. The van der Waals surface area contributed by atoms with Crippen molar-refractivity contribution in [3.8, 4) is 0 Å². The molecule has 14 heavy (non-hydrogen) atoms. The zero-order valence-electron chi connectivity index (χ0n) is 10.1. The van der Waals surface area contributed by atoms with Crippen LogP contribution in [0.15, 0.2) is 0 Å². The average Bonchev–Trinajstić information content (AvgIpc) is 1.97. The molecule has 1 rings (SSSR count). The highest BCUT2D eigenvalue weighted by atomic mass is 16.5. The molecule has 84 valence electrons. The molecule has 0 unspecified atom stereocenters. The maximum Gasteiger partial charge on any atom is 0.0604 e. The smallest absolute Gasteiger partial charge is 0.0604 e. The minimum atomic E-state index is 0.408. The lowest BCUT2D eigenvalue weighted by atomic mass is 9.89. The van der Waals surface area contributed by atoms with Gasteiger partial charge in [-0.1, -0.05) is 27.7 Å². The van der Waals surface area contributed by atoms with Gasteiger partial charge in [-0.05, 0) is 31.2 Å². The molecule has 0 heterocycles. The summed E-state index contributed by atoms with van der Waals surface area (Å²) in [4.78, 5) is 0. The Morgan fingerprint density at radius 3 is 2.43 bits per heavy atom. The highest BCUT2D eigenvalue weighted by Gasteiger charge is 2.28. The molecule has 0 radical (unpaired) electrons. The van der Waals surface area contributed by atoms with Crippen LogP contribution in [0.3, 0.4) is 0 Å². The van der Waals surface area contributed by atoms with Gasteiger partial charge >= 0.3 is 0 Å². The van der Waals surface area contributed by atoms with Crippen LogP contribution in [0.2, 0.25) is 0 Å². The first-order valence-corrected chi connectivity index (χ1v) is 5.86. The highest BCUT2D eigenvalue weighted by Crippen LogP contribution is 2.25. The van der Waals surface area contributed by atoms with Crippen molar-refractivity contribution >= 4 is 0 Å². The van der Waals surface area contributed by atoms with Gasteiger partial charge in [0.25, 0.3) is 0 Å². The normalized spacial score (nSPS) is 27.4. The van der Waals surface area contributed by atoms with E-state index < -0.39 is 0 Å². The third-order valence-electron chi connectivity index (χ3n) is 2.79. The third-order valence-corrected chi connectivity index (χ3v) is 2.79. The van der Waals surface area contributed by atoms with E-state index in [0.29, 0.717) is 11.5 Å². The lowest BCUT2D eigenvalue weighted by Gasteiger charge is -2.36. The molecule has 0 aromatic heterocycles. The quantitative estimate of drug-likeness (QED) is 0.735. The second-order valence-corrected chi connectivity index (χ2v) is 5.53. The lowest BCUT2D eigenvalue weighted by Crippen LogP contribution is -2.45. The van der Waals surface area contributed by atoms with Crippen molar-refractivity contribution < 1.29 is 4.74 Å². The first kappa shape index (κ1) is 12.0. The molecule has 0 aromatic rings. The molecule has 0 atom stereocenters. The molecule has 1 saturated carbocycles. The van der Waals surface area contributed by atoms with E-state index in [1.54, 1.807) is 0 Å². The number of ether oxygens (including phenoxy) is 1. The van der Waals surface area contributed by atoms with Crippen LogP contribution in [0.4, 0.5) is 0 Å². The Balaban J connectivity index is 1.96. The molecule has 1 fully saturated rings. The number of nitrogens with one attached hydrogen (secondary N) is 1. The van der Waals surface area contributed by atoms with Gasteiger partial charge in [0.05, 0.1) is 6.10 Å². The SMILES string of the molecule is CCNC1CC(OCCC(C)(C)C)C1. The molecular formula is C12H25NO. The van der Waals surface area contributed by atoms with Crippen LogP contribution in [0.1, 0.15) is 47.0 Å². The Morgan fingerprint density at radius 2 is 1.93 bits per heavy atom. The molecule has 0 amide bonds. The third kappa shape index (κ3) is 4.43. The Labute approximate surface area is 88.4 Å². The van der Waals surface area contributed by atoms with Gasteiger partial charge in [0.1, 0.15) is 0 Å². The summed E-state index contributed by atoms with van der Waals surface area (Å²) in [6.07, 6.45) is 4.10. The van der Waals surface area contributed by atoms with E-state index in [0.717, 1.165) is 25.6 Å². The van der Waals surface area contributed by atoms with Crippen LogP contribution in [-0.4, -0.2) is 25.3 Å². The summed E-state index contributed by atoms with van der Waals surface area (Å²) >= 11 is 0. The molecule has 2 nitrogen and oxygen atoms in total. The van der Waals surface area contributed by atoms with E-state index in [1.807, 2.05) is 0 Å². The van der Waals surface area contributed by atoms with E-state index in [-0.39, 0.29) is 0 Å². The van der Waals surface area contributed by atoms with E-state index in [1.165, 1.54) is 12.8 Å². The van der Waals surface area contributed by atoms with Gasteiger partial charge in [-0.25, -0.2) is 0 Å². The van der Waals surface area contributed by atoms with Crippen molar-refractivity contribution in [3.63, 3.8) is 0 Å². The topological polar surface area (TPSA) is 21.3 Å². The Kier molecular flexibility index (Phi) is 4.39. The van der Waals surface area contributed by atoms with E-state index in [4.69, 9.17) is 4.74 Å². The van der Waals surface area contributed by atoms with Crippen molar-refractivity contribution in [1.29, 1.82) is 0 Å². The molecule has 1 aliphatic carbocycles. The zero-order chi connectivity index (χ0) is 10.6. The van der Waals surface area contributed by atoms with Crippen LogP contribution >= 0.6 is 0 Å². The van der Waals surface area contributed by atoms with E-state index in [2.05, 4.69) is 33.0 Å². The average molecular weight is 199 g/mol. The van der Waals surface area contributed by atoms with Crippen LogP contribution < -0.4 is 5.32 Å². The molecule has 0 aromatic carbocycles. The lowest BCUT2D eigenvalue weighted by molar-refractivity contribution is -0.0247. The molecule has 0 bridgehead atoms. The Morgan fingerprint density at radius 1 is 1.29 bits per heavy atom. The first-order chi connectivity index (χ1) is 6.51. The number of rotatable bonds is 5. The summed E-state index contributed by atoms with van der Waals surface area (Å²) in [5.74, 6) is 0. The van der Waals surface area contributed by atoms with Gasteiger partial charge in [-0.2, -0.15) is 0 Å². The largest absolute Gasteiger partial charge is 0.378 e. The van der Waals surface area contributed by atoms with Gasteiger partial charge in [0.2, 0.25) is 0 Å². The van der Waals surface area contributed by atoms with Gasteiger partial charge in [0, 0.05) is 12.6 Å². The molecule has 0 saturated heterocycles. The van der Waals surface area contributed by atoms with Crippen molar-refractivity contribution in [2.24, 2.45) is 5.41 Å². The molecule has 1 aliphatic rings. The molecule has 0 aliphatic heterocycles. The monoisotopic (exact) mass is 199 g/mol. The summed E-state index contributed by atoms with van der Waals surface area (Å²) in [6, 6.07) is 0.722. The summed E-state index contributed by atoms with van der Waals surface area (Å²) in [5.41, 5.74) is 0.408. The maximum atomic E-state index is 5.79. The first-order valence-electron chi connectivity index (χ1n) is 5.86. The summed E-state index contributed by atoms with van der Waals surface area (Å²) in [5, 5.41) is 3.44. The van der Waals surface area contributed by atoms with Crippen molar-refractivity contribution in [1.82, 2.24) is 5.32 Å². The molecule has 2 heteroatoms. The number of hydrogen-bond acceptors (Lipinski definition) is 2. The fourth-order valence-corrected chi connectivity index (χ4v) is 1.69. The summed E-state index contributed by atoms with van der Waals surface area (Å²) < 4.78 is 5.79. The predicted molar refractivity (Wildman–Crippen MR) is 60.5 cm³/mol. The fourth-order valence-electron chi connectivity index (χ4n) is 1.69. The van der Waals surface area contributed by atoms with Gasteiger partial charge in [-0.3, -0.25) is 0 Å². The minimum Gasteiger partial charge on any atom is -0.378 e. The second-order valence-electron chi connectivity index (χ2n) is 5.53. The van der Waals surface area contributed by atoms with E-state index in [9.17, 15) is 0 Å². The Bertz CT molecular complexity index is 156.